The van der Waals surface area contributed by atoms with Crippen LogP contribution in [0.25, 0.3) is 0 Å². The molecule has 0 heterocycles. The second kappa shape index (κ2) is 7.06. The van der Waals surface area contributed by atoms with Gasteiger partial charge in [-0.15, -0.1) is 0 Å². The second-order valence-electron chi connectivity index (χ2n) is 6.06. The first kappa shape index (κ1) is 14.5. The Morgan fingerprint density at radius 2 is 1.63 bits per heavy atom. The first-order valence-corrected chi connectivity index (χ1v) is 7.70. The first-order valence-electron chi connectivity index (χ1n) is 7.70. The van der Waals surface area contributed by atoms with Crippen molar-refractivity contribution in [3.8, 4) is 0 Å². The molecule has 106 valence electrons. The maximum atomic E-state index is 10.6. The van der Waals surface area contributed by atoms with E-state index in [0.717, 1.165) is 5.56 Å². The van der Waals surface area contributed by atoms with Gasteiger partial charge in [0.25, 0.3) is 0 Å². The summed E-state index contributed by atoms with van der Waals surface area (Å²) in [5.74, 6) is 0. The summed E-state index contributed by atoms with van der Waals surface area (Å²) in [5.41, 5.74) is 0.220. The molecule has 0 radical (unpaired) electrons. The number of hydrogen-bond donors (Lipinski definition) is 2. The molecule has 19 heavy (non-hydrogen) atoms. The standard InChI is InChI=1S/C17H27NO/c1-17(19,15-10-6-5-7-11-15)14-18-16-12-8-3-2-4-9-13-16/h5-7,10-11,16,18-19H,2-4,8-9,12-14H2,1H3. The predicted octanol–water partition coefficient (Wildman–Crippen LogP) is 3.60. The largest absolute Gasteiger partial charge is 0.384 e. The van der Waals surface area contributed by atoms with E-state index in [1.807, 2.05) is 37.3 Å². The fraction of sp³-hybridized carbons (Fsp3) is 0.647. The summed E-state index contributed by atoms with van der Waals surface area (Å²) in [5, 5.41) is 14.2. The molecule has 0 aliphatic heterocycles. The number of nitrogens with one attached hydrogen (secondary N) is 1. The Labute approximate surface area is 117 Å². The van der Waals surface area contributed by atoms with Crippen molar-refractivity contribution in [3.63, 3.8) is 0 Å². The van der Waals surface area contributed by atoms with Gasteiger partial charge in [-0.05, 0) is 25.3 Å². The molecule has 2 heteroatoms. The van der Waals surface area contributed by atoms with Gasteiger partial charge in [0, 0.05) is 12.6 Å². The molecule has 1 aromatic carbocycles. The van der Waals surface area contributed by atoms with Crippen LogP contribution in [0.3, 0.4) is 0 Å². The third-order valence-corrected chi connectivity index (χ3v) is 4.24. The van der Waals surface area contributed by atoms with Crippen molar-refractivity contribution in [1.29, 1.82) is 0 Å². The van der Waals surface area contributed by atoms with Crippen LogP contribution in [0, 0.1) is 0 Å². The average molecular weight is 261 g/mol. The minimum Gasteiger partial charge on any atom is -0.384 e. The number of hydrogen-bond acceptors (Lipinski definition) is 2. The summed E-state index contributed by atoms with van der Waals surface area (Å²) < 4.78 is 0. The number of aliphatic hydroxyl groups is 1. The van der Waals surface area contributed by atoms with Crippen molar-refractivity contribution in [2.45, 2.75) is 63.5 Å². The third-order valence-electron chi connectivity index (χ3n) is 4.24. The zero-order valence-electron chi connectivity index (χ0n) is 12.1. The molecule has 1 atom stereocenters. The van der Waals surface area contributed by atoms with Gasteiger partial charge in [-0.2, -0.15) is 0 Å². The summed E-state index contributed by atoms with van der Waals surface area (Å²) in [6, 6.07) is 10.5. The zero-order valence-corrected chi connectivity index (χ0v) is 12.1. The van der Waals surface area contributed by atoms with E-state index in [4.69, 9.17) is 0 Å². The quantitative estimate of drug-likeness (QED) is 0.868. The van der Waals surface area contributed by atoms with Gasteiger partial charge in [0.2, 0.25) is 0 Å². The highest BCUT2D eigenvalue weighted by atomic mass is 16.3. The van der Waals surface area contributed by atoms with Gasteiger partial charge in [-0.3, -0.25) is 0 Å². The Balaban J connectivity index is 1.86. The van der Waals surface area contributed by atoms with Gasteiger partial charge >= 0.3 is 0 Å². The molecule has 2 N–H and O–H groups in total. The molecule has 0 spiro atoms. The minimum absolute atomic E-state index is 0.579. The normalized spacial score (nSPS) is 21.4. The summed E-state index contributed by atoms with van der Waals surface area (Å²) >= 11 is 0. The van der Waals surface area contributed by atoms with Crippen LogP contribution < -0.4 is 5.32 Å². The molecule has 0 saturated heterocycles. The smallest absolute Gasteiger partial charge is 0.0992 e. The molecule has 1 aliphatic rings. The molecule has 1 saturated carbocycles. The third kappa shape index (κ3) is 4.63. The van der Waals surface area contributed by atoms with E-state index in [2.05, 4.69) is 5.32 Å². The molecule has 0 amide bonds. The SMILES string of the molecule is CC(O)(CNC1CCCCCCC1)c1ccccc1. The highest BCUT2D eigenvalue weighted by Gasteiger charge is 2.24. The molecule has 2 rings (SSSR count). The predicted molar refractivity (Wildman–Crippen MR) is 80.1 cm³/mol. The van der Waals surface area contributed by atoms with E-state index < -0.39 is 5.60 Å². The Bertz CT molecular complexity index is 353. The van der Waals surface area contributed by atoms with E-state index in [9.17, 15) is 5.11 Å². The van der Waals surface area contributed by atoms with Crippen molar-refractivity contribution in [2.24, 2.45) is 0 Å². The van der Waals surface area contributed by atoms with E-state index in [-0.39, 0.29) is 0 Å². The van der Waals surface area contributed by atoms with Gasteiger partial charge < -0.3 is 10.4 Å². The van der Waals surface area contributed by atoms with Crippen molar-refractivity contribution in [3.05, 3.63) is 35.9 Å². The van der Waals surface area contributed by atoms with Crippen molar-refractivity contribution >= 4 is 0 Å². The zero-order chi connectivity index (χ0) is 13.6. The van der Waals surface area contributed by atoms with E-state index >= 15 is 0 Å². The molecule has 1 aliphatic carbocycles. The van der Waals surface area contributed by atoms with Crippen molar-refractivity contribution < 1.29 is 5.11 Å². The highest BCUT2D eigenvalue weighted by molar-refractivity contribution is 5.21. The van der Waals surface area contributed by atoms with Crippen LogP contribution >= 0.6 is 0 Å². The van der Waals surface area contributed by atoms with Crippen LogP contribution in [0.2, 0.25) is 0 Å². The molecular weight excluding hydrogens is 234 g/mol. The van der Waals surface area contributed by atoms with Gasteiger partial charge in [-0.25, -0.2) is 0 Å². The Hall–Kier alpha value is -0.860. The highest BCUT2D eigenvalue weighted by Crippen LogP contribution is 2.21. The second-order valence-corrected chi connectivity index (χ2v) is 6.06. The number of rotatable bonds is 4. The van der Waals surface area contributed by atoms with E-state index in [1.54, 1.807) is 0 Å². The van der Waals surface area contributed by atoms with E-state index in [1.165, 1.54) is 44.9 Å². The van der Waals surface area contributed by atoms with Crippen LogP contribution in [0.15, 0.2) is 30.3 Å². The maximum absolute atomic E-state index is 10.6. The van der Waals surface area contributed by atoms with Gasteiger partial charge in [0.15, 0.2) is 0 Å². The molecule has 1 fully saturated rings. The average Bonchev–Trinajstić information content (AvgIpc) is 2.38. The summed E-state index contributed by atoms with van der Waals surface area (Å²) in [7, 11) is 0. The Morgan fingerprint density at radius 1 is 1.05 bits per heavy atom. The van der Waals surface area contributed by atoms with Gasteiger partial charge in [0.05, 0.1) is 5.60 Å². The van der Waals surface area contributed by atoms with Crippen molar-refractivity contribution in [2.75, 3.05) is 6.54 Å². The first-order chi connectivity index (χ1) is 9.18. The summed E-state index contributed by atoms with van der Waals surface area (Å²) in [4.78, 5) is 0. The van der Waals surface area contributed by atoms with Crippen LogP contribution in [0.1, 0.15) is 57.4 Å². The van der Waals surface area contributed by atoms with Crippen LogP contribution in [-0.2, 0) is 5.60 Å². The fourth-order valence-electron chi connectivity index (χ4n) is 2.90. The van der Waals surface area contributed by atoms with E-state index in [0.29, 0.717) is 12.6 Å². The lowest BCUT2D eigenvalue weighted by Crippen LogP contribution is -2.41. The monoisotopic (exact) mass is 261 g/mol. The lowest BCUT2D eigenvalue weighted by molar-refractivity contribution is 0.0527. The van der Waals surface area contributed by atoms with Gasteiger partial charge in [-0.1, -0.05) is 62.4 Å². The van der Waals surface area contributed by atoms with Crippen LogP contribution in [0.4, 0.5) is 0 Å². The molecule has 1 unspecified atom stereocenters. The Morgan fingerprint density at radius 3 is 2.26 bits per heavy atom. The molecular formula is C17H27NO. The summed E-state index contributed by atoms with van der Waals surface area (Å²) in [6.07, 6.45) is 9.29. The lowest BCUT2D eigenvalue weighted by Gasteiger charge is -2.28. The van der Waals surface area contributed by atoms with Crippen molar-refractivity contribution in [1.82, 2.24) is 5.32 Å². The summed E-state index contributed by atoms with van der Waals surface area (Å²) in [6.45, 7) is 2.54. The molecule has 2 nitrogen and oxygen atoms in total. The van der Waals surface area contributed by atoms with Crippen LogP contribution in [0.5, 0.6) is 0 Å². The fourth-order valence-corrected chi connectivity index (χ4v) is 2.90. The number of benzene rings is 1. The maximum Gasteiger partial charge on any atom is 0.0992 e. The van der Waals surface area contributed by atoms with Gasteiger partial charge in [0.1, 0.15) is 0 Å². The van der Waals surface area contributed by atoms with Crippen LogP contribution in [-0.4, -0.2) is 17.7 Å². The molecule has 0 aromatic heterocycles. The lowest BCUT2D eigenvalue weighted by atomic mass is 9.93. The topological polar surface area (TPSA) is 32.3 Å². The Kier molecular flexibility index (Phi) is 5.41. The minimum atomic E-state index is -0.774. The molecule has 0 bridgehead atoms. The molecule has 1 aromatic rings.